The van der Waals surface area contributed by atoms with Gasteiger partial charge in [-0.05, 0) is 31.5 Å². The van der Waals surface area contributed by atoms with Gasteiger partial charge in [0.1, 0.15) is 0 Å². The van der Waals surface area contributed by atoms with Gasteiger partial charge in [0.25, 0.3) is 5.56 Å². The van der Waals surface area contributed by atoms with Crippen LogP contribution in [0.4, 0.5) is 0 Å². The van der Waals surface area contributed by atoms with Crippen LogP contribution in [-0.4, -0.2) is 60.8 Å². The number of morpholine rings is 1. The number of hydrogen-bond donors (Lipinski definition) is 0. The van der Waals surface area contributed by atoms with E-state index in [2.05, 4.69) is 9.47 Å². The van der Waals surface area contributed by atoms with Gasteiger partial charge in [-0.25, -0.2) is 4.79 Å². The number of aryl methyl sites for hydroxylation is 2. The smallest absolute Gasteiger partial charge is 0.332 e. The molecule has 9 nitrogen and oxygen atoms in total. The molecule has 1 aliphatic rings. The van der Waals surface area contributed by atoms with Crippen molar-refractivity contribution in [2.75, 3.05) is 32.8 Å². The standard InChI is InChI=1S/C23H27ClN6O3/c1-15-16(2)30-19-20(25-22(30)28(15)9-8-27-10-12-33-13-11-27)26(3)23(32)29(21(19)31)14-17-4-6-18(24)7-5-17/h4-7H,8-14H2,1-3H3. The quantitative estimate of drug-likeness (QED) is 0.444. The van der Waals surface area contributed by atoms with Crippen LogP contribution in [0.1, 0.15) is 17.0 Å². The van der Waals surface area contributed by atoms with Crippen LogP contribution in [-0.2, 0) is 24.9 Å². The van der Waals surface area contributed by atoms with Crippen molar-refractivity contribution in [1.82, 2.24) is 28.0 Å². The number of rotatable bonds is 5. The van der Waals surface area contributed by atoms with Crippen molar-refractivity contribution in [3.8, 4) is 0 Å². The number of hydrogen-bond acceptors (Lipinski definition) is 5. The van der Waals surface area contributed by atoms with Gasteiger partial charge in [-0.3, -0.25) is 23.2 Å². The topological polar surface area (TPSA) is 78.7 Å². The number of halogens is 1. The number of aromatic nitrogens is 5. The highest BCUT2D eigenvalue weighted by Gasteiger charge is 2.23. The number of imidazole rings is 2. The van der Waals surface area contributed by atoms with Crippen LogP contribution in [0.3, 0.4) is 0 Å². The summed E-state index contributed by atoms with van der Waals surface area (Å²) in [5, 5.41) is 0.608. The summed E-state index contributed by atoms with van der Waals surface area (Å²) in [4.78, 5) is 33.7. The van der Waals surface area contributed by atoms with E-state index in [-0.39, 0.29) is 12.1 Å². The third-order valence-electron chi connectivity index (χ3n) is 6.63. The normalized spacial score (nSPS) is 15.2. The summed E-state index contributed by atoms with van der Waals surface area (Å²) < 4.78 is 12.2. The zero-order valence-electron chi connectivity index (χ0n) is 19.0. The number of fused-ring (bicyclic) bond motifs is 3. The molecule has 4 aromatic rings. The van der Waals surface area contributed by atoms with Crippen molar-refractivity contribution >= 4 is 28.5 Å². The molecule has 1 fully saturated rings. The zero-order valence-corrected chi connectivity index (χ0v) is 19.8. The summed E-state index contributed by atoms with van der Waals surface area (Å²) in [6, 6.07) is 7.15. The molecule has 1 aliphatic heterocycles. The molecule has 33 heavy (non-hydrogen) atoms. The van der Waals surface area contributed by atoms with Gasteiger partial charge >= 0.3 is 5.69 Å². The van der Waals surface area contributed by atoms with E-state index in [1.54, 1.807) is 19.2 Å². The summed E-state index contributed by atoms with van der Waals surface area (Å²) in [6.45, 7) is 9.15. The van der Waals surface area contributed by atoms with Crippen LogP contribution in [0.2, 0.25) is 5.02 Å². The maximum absolute atomic E-state index is 13.6. The maximum atomic E-state index is 13.6. The Morgan fingerprint density at radius 2 is 1.70 bits per heavy atom. The lowest BCUT2D eigenvalue weighted by atomic mass is 10.2. The molecule has 0 amide bonds. The highest BCUT2D eigenvalue weighted by atomic mass is 35.5. The van der Waals surface area contributed by atoms with Gasteiger partial charge in [0.05, 0.1) is 19.8 Å². The first-order valence-electron chi connectivity index (χ1n) is 11.1. The minimum atomic E-state index is -0.391. The van der Waals surface area contributed by atoms with Crippen LogP contribution < -0.4 is 11.2 Å². The van der Waals surface area contributed by atoms with Gasteiger partial charge < -0.3 is 9.30 Å². The van der Waals surface area contributed by atoms with E-state index in [4.69, 9.17) is 21.3 Å². The first-order chi connectivity index (χ1) is 15.9. The molecular weight excluding hydrogens is 444 g/mol. The molecule has 1 aromatic carbocycles. The van der Waals surface area contributed by atoms with Gasteiger partial charge in [-0.1, -0.05) is 23.7 Å². The van der Waals surface area contributed by atoms with Gasteiger partial charge in [0.15, 0.2) is 11.2 Å². The van der Waals surface area contributed by atoms with Crippen LogP contribution >= 0.6 is 11.6 Å². The van der Waals surface area contributed by atoms with Crippen molar-refractivity contribution in [3.63, 3.8) is 0 Å². The predicted octanol–water partition coefficient (Wildman–Crippen LogP) is 1.80. The molecular formula is C23H27ClN6O3. The van der Waals surface area contributed by atoms with Gasteiger partial charge in [0, 0.05) is 49.6 Å². The van der Waals surface area contributed by atoms with Gasteiger partial charge in [-0.15, -0.1) is 0 Å². The maximum Gasteiger partial charge on any atom is 0.332 e. The minimum Gasteiger partial charge on any atom is -0.379 e. The molecule has 0 unspecified atom stereocenters. The van der Waals surface area contributed by atoms with Crippen molar-refractivity contribution in [2.45, 2.75) is 26.9 Å². The summed E-state index contributed by atoms with van der Waals surface area (Å²) in [5.74, 6) is 0.685. The molecule has 1 saturated heterocycles. The fourth-order valence-corrected chi connectivity index (χ4v) is 4.69. The Bertz CT molecular complexity index is 1450. The third-order valence-corrected chi connectivity index (χ3v) is 6.88. The van der Waals surface area contributed by atoms with E-state index >= 15 is 0 Å². The first-order valence-corrected chi connectivity index (χ1v) is 11.5. The lowest BCUT2D eigenvalue weighted by molar-refractivity contribution is 0.0364. The fraction of sp³-hybridized carbons (Fsp3) is 0.435. The first kappa shape index (κ1) is 21.9. The Labute approximate surface area is 195 Å². The van der Waals surface area contributed by atoms with Crippen molar-refractivity contribution in [3.05, 3.63) is 67.1 Å². The fourth-order valence-electron chi connectivity index (χ4n) is 4.56. The molecule has 0 saturated carbocycles. The molecule has 0 aliphatic carbocycles. The van der Waals surface area contributed by atoms with Crippen LogP contribution in [0.25, 0.3) is 16.9 Å². The Balaban J connectivity index is 1.63. The highest BCUT2D eigenvalue weighted by Crippen LogP contribution is 2.21. The minimum absolute atomic E-state index is 0.168. The lowest BCUT2D eigenvalue weighted by Gasteiger charge is -2.26. The monoisotopic (exact) mass is 470 g/mol. The second-order valence-electron chi connectivity index (χ2n) is 8.56. The van der Waals surface area contributed by atoms with E-state index in [1.165, 1.54) is 9.13 Å². The molecule has 10 heteroatoms. The summed E-state index contributed by atoms with van der Waals surface area (Å²) in [7, 11) is 1.66. The molecule has 5 rings (SSSR count). The van der Waals surface area contributed by atoms with E-state index < -0.39 is 5.69 Å². The number of benzene rings is 1. The number of nitrogens with zero attached hydrogens (tertiary/aromatic N) is 6. The molecule has 4 heterocycles. The van der Waals surface area contributed by atoms with E-state index in [1.807, 2.05) is 30.4 Å². The van der Waals surface area contributed by atoms with Crippen LogP contribution in [0, 0.1) is 13.8 Å². The lowest BCUT2D eigenvalue weighted by Crippen LogP contribution is -2.39. The molecule has 0 N–H and O–H groups in total. The van der Waals surface area contributed by atoms with Crippen LogP contribution in [0.5, 0.6) is 0 Å². The highest BCUT2D eigenvalue weighted by molar-refractivity contribution is 6.30. The molecule has 3 aromatic heterocycles. The van der Waals surface area contributed by atoms with E-state index in [0.29, 0.717) is 22.0 Å². The summed E-state index contributed by atoms with van der Waals surface area (Å²) >= 11 is 5.98. The third kappa shape index (κ3) is 3.70. The Kier molecular flexibility index (Phi) is 5.64. The second kappa shape index (κ2) is 8.48. The Hall–Kier alpha value is -2.88. The Morgan fingerprint density at radius 3 is 2.39 bits per heavy atom. The molecule has 0 bridgehead atoms. The van der Waals surface area contributed by atoms with Crippen molar-refractivity contribution in [1.29, 1.82) is 0 Å². The van der Waals surface area contributed by atoms with E-state index in [0.717, 1.165) is 56.3 Å². The SMILES string of the molecule is Cc1c(C)n2c3c(=O)n(Cc4ccc(Cl)cc4)c(=O)n(C)c3nc2n1CCN1CCOCC1. The van der Waals surface area contributed by atoms with Gasteiger partial charge in [0.2, 0.25) is 5.78 Å². The summed E-state index contributed by atoms with van der Waals surface area (Å²) in [6.07, 6.45) is 0. The largest absolute Gasteiger partial charge is 0.379 e. The Morgan fingerprint density at radius 1 is 1.00 bits per heavy atom. The van der Waals surface area contributed by atoms with E-state index in [9.17, 15) is 9.59 Å². The molecule has 0 radical (unpaired) electrons. The summed E-state index contributed by atoms with van der Waals surface area (Å²) in [5.41, 5.74) is 2.92. The zero-order chi connectivity index (χ0) is 23.3. The average Bonchev–Trinajstić information content (AvgIpc) is 3.32. The molecule has 174 valence electrons. The van der Waals surface area contributed by atoms with Crippen molar-refractivity contribution < 1.29 is 4.74 Å². The molecule has 0 spiro atoms. The van der Waals surface area contributed by atoms with Crippen molar-refractivity contribution in [2.24, 2.45) is 7.05 Å². The molecule has 0 atom stereocenters. The predicted molar refractivity (Wildman–Crippen MR) is 127 cm³/mol. The number of ether oxygens (including phenoxy) is 1. The second-order valence-corrected chi connectivity index (χ2v) is 8.99. The van der Waals surface area contributed by atoms with Crippen LogP contribution in [0.15, 0.2) is 33.9 Å². The average molecular weight is 471 g/mol. The van der Waals surface area contributed by atoms with Gasteiger partial charge in [-0.2, -0.15) is 4.98 Å².